The highest BCUT2D eigenvalue weighted by Gasteiger charge is 2.34. The van der Waals surface area contributed by atoms with Gasteiger partial charge in [0.25, 0.3) is 0 Å². The number of fused-ring (bicyclic) bond motifs is 1. The first-order chi connectivity index (χ1) is 5.77. The number of hydrogen-bond donors (Lipinski definition) is 0. The smallest absolute Gasteiger partial charge is 0.0360 e. The van der Waals surface area contributed by atoms with Gasteiger partial charge in [0.15, 0.2) is 0 Å². The molecule has 0 bridgehead atoms. The van der Waals surface area contributed by atoms with Crippen LogP contribution in [0.3, 0.4) is 0 Å². The van der Waals surface area contributed by atoms with Crippen molar-refractivity contribution in [3.63, 3.8) is 0 Å². The Morgan fingerprint density at radius 2 is 1.67 bits per heavy atom. The molecule has 2 saturated carbocycles. The molecule has 70 valence electrons. The van der Waals surface area contributed by atoms with Crippen LogP contribution in [-0.2, 0) is 0 Å². The zero-order valence-corrected chi connectivity index (χ0v) is 8.55. The Kier molecular flexibility index (Phi) is 2.43. The van der Waals surface area contributed by atoms with Crippen LogP contribution in [-0.4, -0.2) is 0 Å². The molecule has 0 aromatic heterocycles. The molecule has 2 fully saturated rings. The van der Waals surface area contributed by atoms with Crippen LogP contribution in [0.15, 0.2) is 0 Å². The van der Waals surface area contributed by atoms with Crippen molar-refractivity contribution in [3.8, 4) is 0 Å². The summed E-state index contributed by atoms with van der Waals surface area (Å²) in [4.78, 5) is 0. The molecule has 12 heavy (non-hydrogen) atoms. The van der Waals surface area contributed by atoms with E-state index in [1.165, 1.54) is 25.7 Å². The molecule has 0 aromatic rings. The standard InChI is InChI=1S/C12H22/c1-9-7-10(2)12-6-4-3-5-11(12)8-9/h9-12H,3-8H2,1-2H3/t9-,10-,11-,12?/m1/s1. The lowest BCUT2D eigenvalue weighted by molar-refractivity contribution is 0.0827. The van der Waals surface area contributed by atoms with E-state index in [-0.39, 0.29) is 0 Å². The van der Waals surface area contributed by atoms with Crippen molar-refractivity contribution >= 4 is 0 Å². The molecule has 0 spiro atoms. The lowest BCUT2D eigenvalue weighted by Gasteiger charge is -2.42. The van der Waals surface area contributed by atoms with E-state index in [1.54, 1.807) is 12.8 Å². The molecule has 0 aromatic carbocycles. The zero-order valence-electron chi connectivity index (χ0n) is 8.55. The molecular formula is C12H22. The Morgan fingerprint density at radius 3 is 2.50 bits per heavy atom. The van der Waals surface area contributed by atoms with Gasteiger partial charge < -0.3 is 0 Å². The lowest BCUT2D eigenvalue weighted by atomic mass is 9.63. The molecule has 0 heteroatoms. The fourth-order valence-corrected chi connectivity index (χ4v) is 3.70. The molecular weight excluding hydrogens is 144 g/mol. The molecule has 2 rings (SSSR count). The fourth-order valence-electron chi connectivity index (χ4n) is 3.70. The van der Waals surface area contributed by atoms with E-state index in [2.05, 4.69) is 13.8 Å². The normalized spacial score (nSPS) is 48.5. The first-order valence-electron chi connectivity index (χ1n) is 5.77. The summed E-state index contributed by atoms with van der Waals surface area (Å²) in [5.74, 6) is 4.26. The van der Waals surface area contributed by atoms with Crippen LogP contribution in [0.1, 0.15) is 52.4 Å². The maximum atomic E-state index is 2.48. The predicted octanol–water partition coefficient (Wildman–Crippen LogP) is 3.86. The lowest BCUT2D eigenvalue weighted by Crippen LogP contribution is -2.32. The van der Waals surface area contributed by atoms with Gasteiger partial charge in [-0.15, -0.1) is 0 Å². The minimum atomic E-state index is 1.01. The fraction of sp³-hybridized carbons (Fsp3) is 1.00. The van der Waals surface area contributed by atoms with Crippen LogP contribution >= 0.6 is 0 Å². The summed E-state index contributed by atoms with van der Waals surface area (Å²) in [5, 5.41) is 0. The molecule has 0 N–H and O–H groups in total. The maximum Gasteiger partial charge on any atom is -0.0360 e. The quantitative estimate of drug-likeness (QED) is 0.512. The predicted molar refractivity (Wildman–Crippen MR) is 53.0 cm³/mol. The van der Waals surface area contributed by atoms with E-state index in [0.717, 1.165) is 23.7 Å². The van der Waals surface area contributed by atoms with Crippen LogP contribution in [0.2, 0.25) is 0 Å². The SMILES string of the molecule is C[C@H]1C[C@H]2CCCCC2[C@H](C)C1. The van der Waals surface area contributed by atoms with Crippen molar-refractivity contribution in [2.45, 2.75) is 52.4 Å². The molecule has 0 saturated heterocycles. The highest BCUT2D eigenvalue weighted by Crippen LogP contribution is 2.45. The van der Waals surface area contributed by atoms with E-state index < -0.39 is 0 Å². The minimum absolute atomic E-state index is 1.01. The molecule has 0 nitrogen and oxygen atoms in total. The monoisotopic (exact) mass is 166 g/mol. The van der Waals surface area contributed by atoms with Gasteiger partial charge >= 0.3 is 0 Å². The summed E-state index contributed by atoms with van der Waals surface area (Å²) in [6, 6.07) is 0. The van der Waals surface area contributed by atoms with E-state index in [0.29, 0.717) is 0 Å². The summed E-state index contributed by atoms with van der Waals surface area (Å²) in [5.41, 5.74) is 0. The van der Waals surface area contributed by atoms with E-state index in [4.69, 9.17) is 0 Å². The maximum absolute atomic E-state index is 2.48. The summed E-state index contributed by atoms with van der Waals surface area (Å²) < 4.78 is 0. The second-order valence-electron chi connectivity index (χ2n) is 5.26. The molecule has 4 atom stereocenters. The van der Waals surface area contributed by atoms with Crippen molar-refractivity contribution in [2.75, 3.05) is 0 Å². The Hall–Kier alpha value is 0. The van der Waals surface area contributed by atoms with E-state index in [9.17, 15) is 0 Å². The Bertz CT molecular complexity index is 150. The van der Waals surface area contributed by atoms with Gasteiger partial charge in [-0.3, -0.25) is 0 Å². The molecule has 2 aliphatic carbocycles. The zero-order chi connectivity index (χ0) is 8.55. The van der Waals surface area contributed by atoms with E-state index in [1.807, 2.05) is 0 Å². The molecule has 1 unspecified atom stereocenters. The third kappa shape index (κ3) is 1.53. The average molecular weight is 166 g/mol. The number of hydrogen-bond acceptors (Lipinski definition) is 0. The molecule has 0 heterocycles. The molecule has 0 amide bonds. The van der Waals surface area contributed by atoms with Crippen LogP contribution in [0.5, 0.6) is 0 Å². The minimum Gasteiger partial charge on any atom is -0.0625 e. The van der Waals surface area contributed by atoms with Crippen LogP contribution in [0.25, 0.3) is 0 Å². The summed E-state index contributed by atoms with van der Waals surface area (Å²) in [7, 11) is 0. The largest absolute Gasteiger partial charge is 0.0625 e. The van der Waals surface area contributed by atoms with Gasteiger partial charge in [0.2, 0.25) is 0 Å². The first-order valence-corrected chi connectivity index (χ1v) is 5.77. The van der Waals surface area contributed by atoms with Crippen molar-refractivity contribution < 1.29 is 0 Å². The van der Waals surface area contributed by atoms with Crippen molar-refractivity contribution in [2.24, 2.45) is 23.7 Å². The first kappa shape index (κ1) is 8.59. The van der Waals surface area contributed by atoms with Gasteiger partial charge in [-0.1, -0.05) is 33.1 Å². The van der Waals surface area contributed by atoms with Gasteiger partial charge in [-0.05, 0) is 42.9 Å². The second-order valence-corrected chi connectivity index (χ2v) is 5.26. The second kappa shape index (κ2) is 3.40. The van der Waals surface area contributed by atoms with Gasteiger partial charge in [-0.2, -0.15) is 0 Å². The third-order valence-corrected chi connectivity index (χ3v) is 4.18. The highest BCUT2D eigenvalue weighted by molar-refractivity contribution is 4.85. The Labute approximate surface area is 76.7 Å². The van der Waals surface area contributed by atoms with Crippen molar-refractivity contribution in [1.29, 1.82) is 0 Å². The Morgan fingerprint density at radius 1 is 0.917 bits per heavy atom. The molecule has 0 radical (unpaired) electrons. The van der Waals surface area contributed by atoms with Gasteiger partial charge in [0.05, 0.1) is 0 Å². The topological polar surface area (TPSA) is 0 Å². The van der Waals surface area contributed by atoms with Crippen LogP contribution < -0.4 is 0 Å². The summed E-state index contributed by atoms with van der Waals surface area (Å²) >= 11 is 0. The number of rotatable bonds is 0. The van der Waals surface area contributed by atoms with Crippen LogP contribution in [0.4, 0.5) is 0 Å². The van der Waals surface area contributed by atoms with Gasteiger partial charge in [-0.25, -0.2) is 0 Å². The van der Waals surface area contributed by atoms with Crippen molar-refractivity contribution in [3.05, 3.63) is 0 Å². The molecule has 2 aliphatic rings. The van der Waals surface area contributed by atoms with Gasteiger partial charge in [0.1, 0.15) is 0 Å². The molecule has 0 aliphatic heterocycles. The van der Waals surface area contributed by atoms with Crippen LogP contribution in [0, 0.1) is 23.7 Å². The van der Waals surface area contributed by atoms with E-state index >= 15 is 0 Å². The average Bonchev–Trinajstić information content (AvgIpc) is 2.04. The summed E-state index contributed by atoms with van der Waals surface area (Å²) in [6.07, 6.45) is 9.15. The van der Waals surface area contributed by atoms with Crippen molar-refractivity contribution in [1.82, 2.24) is 0 Å². The summed E-state index contributed by atoms with van der Waals surface area (Å²) in [6.45, 7) is 4.93. The van der Waals surface area contributed by atoms with Gasteiger partial charge in [0, 0.05) is 0 Å². The highest BCUT2D eigenvalue weighted by atomic mass is 14.4. The third-order valence-electron chi connectivity index (χ3n) is 4.18. The Balaban J connectivity index is 2.01.